The maximum absolute atomic E-state index is 10.5. The summed E-state index contributed by atoms with van der Waals surface area (Å²) in [6.07, 6.45) is 1.40. The maximum Gasteiger partial charge on any atom is 0.368 e. The topological polar surface area (TPSA) is 39.2 Å². The van der Waals surface area contributed by atoms with Gasteiger partial charge in [0.1, 0.15) is 16.7 Å². The third-order valence-electron chi connectivity index (χ3n) is 0.704. The van der Waals surface area contributed by atoms with Gasteiger partial charge in [-0.1, -0.05) is 0 Å². The molecule has 0 unspecified atom stereocenters. The van der Waals surface area contributed by atoms with Crippen LogP contribution in [0.2, 0.25) is 0 Å². The molecule has 0 saturated carbocycles. The lowest BCUT2D eigenvalue weighted by atomic mass is 10.6. The van der Waals surface area contributed by atoms with Crippen LogP contribution in [0.25, 0.3) is 0 Å². The van der Waals surface area contributed by atoms with Crippen molar-refractivity contribution in [3.05, 3.63) is 16.6 Å². The second-order valence-corrected chi connectivity index (χ2v) is 2.27. The van der Waals surface area contributed by atoms with E-state index in [1.165, 1.54) is 23.0 Å². The van der Waals surface area contributed by atoms with Gasteiger partial charge in [0.15, 0.2) is 0 Å². The summed E-state index contributed by atoms with van der Waals surface area (Å²) < 4.78 is 3.90. The third kappa shape index (κ3) is 1.40. The Bertz CT molecular complexity index is 198. The van der Waals surface area contributed by atoms with Crippen LogP contribution in [0, 0.1) is 0 Å². The fourth-order valence-corrected chi connectivity index (χ4v) is 0.978. The molecule has 0 bridgehead atoms. The van der Waals surface area contributed by atoms with Crippen LogP contribution in [-0.4, -0.2) is 11.0 Å². The predicted octanol–water partition coefficient (Wildman–Crippen LogP) is 1.45. The molecule has 0 amide bonds. The first-order chi connectivity index (χ1) is 4.34. The lowest BCUT2D eigenvalue weighted by molar-refractivity contribution is 0.0756. The van der Waals surface area contributed by atoms with E-state index in [0.29, 0.717) is 4.88 Å². The average molecular weight is 164 g/mol. The molecule has 0 fully saturated rings. The van der Waals surface area contributed by atoms with Crippen molar-refractivity contribution in [3.63, 3.8) is 0 Å². The smallest absolute Gasteiger partial charge is 0.342 e. The van der Waals surface area contributed by atoms with E-state index in [9.17, 15) is 4.79 Å². The Kier molecular flexibility index (Phi) is 2.02. The van der Waals surface area contributed by atoms with E-state index >= 15 is 0 Å². The van der Waals surface area contributed by atoms with Crippen molar-refractivity contribution in [2.45, 2.75) is 0 Å². The number of carbonyl (C=O) groups is 1. The molecule has 0 spiro atoms. The molecule has 0 aliphatic rings. The highest BCUT2D eigenvalue weighted by atomic mass is 35.5. The quantitative estimate of drug-likeness (QED) is 0.629. The molecule has 9 heavy (non-hydrogen) atoms. The molecule has 0 saturated heterocycles. The second-order valence-electron chi connectivity index (χ2n) is 1.23. The molecule has 1 aromatic rings. The van der Waals surface area contributed by atoms with Crippen molar-refractivity contribution in [2.75, 3.05) is 0 Å². The monoisotopic (exact) mass is 163 g/mol. The summed E-state index contributed by atoms with van der Waals surface area (Å²) in [5.74, 6) is -0.556. The van der Waals surface area contributed by atoms with Crippen molar-refractivity contribution in [3.8, 4) is 0 Å². The molecule has 0 radical (unpaired) electrons. The largest absolute Gasteiger partial charge is 0.368 e. The second kappa shape index (κ2) is 2.80. The van der Waals surface area contributed by atoms with Gasteiger partial charge in [0.25, 0.3) is 0 Å². The molecule has 0 aromatic carbocycles. The Morgan fingerprint density at radius 1 is 1.89 bits per heavy atom. The van der Waals surface area contributed by atoms with E-state index in [1.54, 1.807) is 0 Å². The summed E-state index contributed by atoms with van der Waals surface area (Å²) >= 11 is 5.96. The normalized spacial score (nSPS) is 9.00. The lowest BCUT2D eigenvalue weighted by Crippen LogP contribution is -1.92. The minimum atomic E-state index is -0.556. The van der Waals surface area contributed by atoms with Gasteiger partial charge in [0.2, 0.25) is 0 Å². The van der Waals surface area contributed by atoms with E-state index in [1.807, 2.05) is 0 Å². The zero-order valence-electron chi connectivity index (χ0n) is 4.20. The van der Waals surface area contributed by atoms with Crippen molar-refractivity contribution >= 4 is 29.2 Å². The Balaban J connectivity index is 2.77. The van der Waals surface area contributed by atoms with Crippen LogP contribution in [0.15, 0.2) is 11.7 Å². The zero-order chi connectivity index (χ0) is 6.69. The number of aromatic nitrogens is 1. The van der Waals surface area contributed by atoms with Crippen molar-refractivity contribution in [2.24, 2.45) is 0 Å². The van der Waals surface area contributed by atoms with Gasteiger partial charge in [-0.25, -0.2) is 4.79 Å². The van der Waals surface area contributed by atoms with Crippen LogP contribution < -0.4 is 0 Å². The van der Waals surface area contributed by atoms with E-state index in [0.717, 1.165) is 0 Å². The molecule has 48 valence electrons. The molecule has 3 nitrogen and oxygen atoms in total. The zero-order valence-corrected chi connectivity index (χ0v) is 5.78. The molecular formula is C4H2ClNO2S. The summed E-state index contributed by atoms with van der Waals surface area (Å²) in [7, 11) is 0. The number of halogens is 1. The van der Waals surface area contributed by atoms with Crippen LogP contribution in [-0.2, 0) is 4.29 Å². The van der Waals surface area contributed by atoms with Gasteiger partial charge in [-0.2, -0.15) is 0 Å². The van der Waals surface area contributed by atoms with E-state index in [-0.39, 0.29) is 0 Å². The fourth-order valence-electron chi connectivity index (χ4n) is 0.355. The van der Waals surface area contributed by atoms with Crippen molar-refractivity contribution in [1.29, 1.82) is 0 Å². The first-order valence-electron chi connectivity index (χ1n) is 2.06. The molecule has 0 aliphatic heterocycles. The predicted molar refractivity (Wildman–Crippen MR) is 33.4 cm³/mol. The average Bonchev–Trinajstić information content (AvgIpc) is 2.37. The Morgan fingerprint density at radius 3 is 3.11 bits per heavy atom. The van der Waals surface area contributed by atoms with Gasteiger partial charge in [-0.15, -0.1) is 11.3 Å². The van der Waals surface area contributed by atoms with Gasteiger partial charge < -0.3 is 4.29 Å². The third-order valence-corrected chi connectivity index (χ3v) is 1.60. The summed E-state index contributed by atoms with van der Waals surface area (Å²) in [6, 6.07) is 0. The van der Waals surface area contributed by atoms with Gasteiger partial charge >= 0.3 is 5.97 Å². The lowest BCUT2D eigenvalue weighted by Gasteiger charge is -1.84. The van der Waals surface area contributed by atoms with E-state index in [4.69, 9.17) is 11.9 Å². The van der Waals surface area contributed by atoms with Crippen molar-refractivity contribution in [1.82, 2.24) is 4.98 Å². The Morgan fingerprint density at radius 2 is 2.67 bits per heavy atom. The van der Waals surface area contributed by atoms with Gasteiger partial charge in [-0.3, -0.25) is 4.98 Å². The number of thiazole rings is 1. The van der Waals surface area contributed by atoms with Crippen LogP contribution in [0.5, 0.6) is 0 Å². The summed E-state index contributed by atoms with van der Waals surface area (Å²) in [6.45, 7) is 0. The van der Waals surface area contributed by atoms with Gasteiger partial charge in [-0.05, 0) is 0 Å². The number of hydrogen-bond acceptors (Lipinski definition) is 4. The molecular weight excluding hydrogens is 162 g/mol. The summed E-state index contributed by atoms with van der Waals surface area (Å²) in [4.78, 5) is 14.5. The SMILES string of the molecule is O=C(OCl)c1cncs1. The number of nitrogens with zero attached hydrogens (tertiary/aromatic N) is 1. The molecule has 1 aromatic heterocycles. The Hall–Kier alpha value is -0.610. The van der Waals surface area contributed by atoms with E-state index < -0.39 is 5.97 Å². The van der Waals surface area contributed by atoms with Crippen LogP contribution in [0.1, 0.15) is 9.67 Å². The Labute approximate surface area is 60.4 Å². The molecule has 0 N–H and O–H groups in total. The van der Waals surface area contributed by atoms with Crippen LogP contribution >= 0.6 is 23.2 Å². The minimum Gasteiger partial charge on any atom is -0.342 e. The molecule has 5 heteroatoms. The molecule has 1 heterocycles. The number of carbonyl (C=O) groups excluding carboxylic acids is 1. The van der Waals surface area contributed by atoms with Gasteiger partial charge in [0, 0.05) is 0 Å². The summed E-state index contributed by atoms with van der Waals surface area (Å²) in [5.41, 5.74) is 1.53. The van der Waals surface area contributed by atoms with Crippen LogP contribution in [0.4, 0.5) is 0 Å². The van der Waals surface area contributed by atoms with Crippen LogP contribution in [0.3, 0.4) is 0 Å². The first kappa shape index (κ1) is 6.51. The highest BCUT2D eigenvalue weighted by molar-refractivity contribution is 7.11. The maximum atomic E-state index is 10.5. The molecule has 1 rings (SSSR count). The highest BCUT2D eigenvalue weighted by Crippen LogP contribution is 2.07. The van der Waals surface area contributed by atoms with E-state index in [2.05, 4.69) is 9.27 Å². The molecule has 0 aliphatic carbocycles. The number of rotatable bonds is 1. The first-order valence-corrected chi connectivity index (χ1v) is 3.25. The van der Waals surface area contributed by atoms with Gasteiger partial charge in [0.05, 0.1) is 11.7 Å². The molecule has 0 atom stereocenters. The standard InChI is InChI=1S/C4H2ClNO2S/c5-8-4(7)3-1-6-2-9-3/h1-2H. The fraction of sp³-hybridized carbons (Fsp3) is 0. The summed E-state index contributed by atoms with van der Waals surface area (Å²) in [5, 5.41) is 0. The van der Waals surface area contributed by atoms with Crippen molar-refractivity contribution < 1.29 is 9.08 Å². The highest BCUT2D eigenvalue weighted by Gasteiger charge is 2.06. The number of hydrogen-bond donors (Lipinski definition) is 0. The minimum absolute atomic E-state index is 0.407.